The zero-order chi connectivity index (χ0) is 15.5. The van der Waals surface area contributed by atoms with Crippen molar-refractivity contribution >= 4 is 29.0 Å². The molecule has 0 saturated carbocycles. The van der Waals surface area contributed by atoms with Gasteiger partial charge in [-0.2, -0.15) is 10.1 Å². The van der Waals surface area contributed by atoms with Gasteiger partial charge in [-0.15, -0.1) is 11.3 Å². The molecule has 0 saturated heterocycles. The fourth-order valence-electron chi connectivity index (χ4n) is 2.75. The molecule has 2 aromatic rings. The molecule has 7 heteroatoms. The number of aromatic nitrogens is 3. The monoisotopic (exact) mass is 318 g/mol. The maximum atomic E-state index is 12.6. The molecule has 22 heavy (non-hydrogen) atoms. The van der Waals surface area contributed by atoms with Crippen LogP contribution in [0.2, 0.25) is 0 Å². The summed E-state index contributed by atoms with van der Waals surface area (Å²) < 4.78 is 7.03. The lowest BCUT2D eigenvalue weighted by molar-refractivity contribution is -0.146. The van der Waals surface area contributed by atoms with Crippen LogP contribution in [-0.4, -0.2) is 33.1 Å². The fourth-order valence-corrected chi connectivity index (χ4v) is 3.60. The van der Waals surface area contributed by atoms with Crippen LogP contribution in [0.1, 0.15) is 37.6 Å². The van der Waals surface area contributed by atoms with E-state index < -0.39 is 5.92 Å². The van der Waals surface area contributed by atoms with Gasteiger partial charge in [0.25, 0.3) is 0 Å². The molecule has 0 spiro atoms. The Morgan fingerprint density at radius 2 is 2.32 bits per heavy atom. The topological polar surface area (TPSA) is 69.4 Å². The Kier molecular flexibility index (Phi) is 4.33. The van der Waals surface area contributed by atoms with Gasteiger partial charge in [0.2, 0.25) is 5.95 Å². The number of rotatable bonds is 5. The molecular formula is C15H18N4O2S. The van der Waals surface area contributed by atoms with Crippen molar-refractivity contribution in [2.45, 2.75) is 32.7 Å². The minimum Gasteiger partial charge on any atom is -0.465 e. The van der Waals surface area contributed by atoms with Gasteiger partial charge in [0.05, 0.1) is 6.61 Å². The summed E-state index contributed by atoms with van der Waals surface area (Å²) in [5, 5.41) is 6.28. The molecule has 0 N–H and O–H groups in total. The molecular weight excluding hydrogens is 300 g/mol. The predicted molar refractivity (Wildman–Crippen MR) is 84.6 cm³/mol. The summed E-state index contributed by atoms with van der Waals surface area (Å²) in [7, 11) is 0. The molecule has 1 aliphatic rings. The third-order valence-corrected chi connectivity index (χ3v) is 4.56. The highest BCUT2D eigenvalue weighted by atomic mass is 32.1. The molecule has 0 aromatic carbocycles. The van der Waals surface area contributed by atoms with Crippen molar-refractivity contribution in [3.8, 4) is 0 Å². The van der Waals surface area contributed by atoms with Crippen molar-refractivity contribution in [2.24, 2.45) is 10.9 Å². The van der Waals surface area contributed by atoms with E-state index in [1.165, 1.54) is 6.33 Å². The molecule has 2 unspecified atom stereocenters. The molecule has 3 heterocycles. The molecule has 116 valence electrons. The first kappa shape index (κ1) is 14.9. The molecule has 2 atom stereocenters. The summed E-state index contributed by atoms with van der Waals surface area (Å²) in [6.45, 7) is 4.25. The lowest BCUT2D eigenvalue weighted by Crippen LogP contribution is -2.37. The number of esters is 1. The van der Waals surface area contributed by atoms with Crippen molar-refractivity contribution < 1.29 is 9.53 Å². The second-order valence-corrected chi connectivity index (χ2v) is 6.03. The van der Waals surface area contributed by atoms with Crippen molar-refractivity contribution in [3.63, 3.8) is 0 Å². The minimum atomic E-state index is -0.437. The maximum Gasteiger partial charge on any atom is 0.317 e. The molecule has 6 nitrogen and oxygen atoms in total. The van der Waals surface area contributed by atoms with Gasteiger partial charge in [0.1, 0.15) is 18.3 Å². The summed E-state index contributed by atoms with van der Waals surface area (Å²) in [4.78, 5) is 22.4. The van der Waals surface area contributed by atoms with Crippen molar-refractivity contribution in [2.75, 3.05) is 6.61 Å². The normalized spacial score (nSPS) is 20.4. The van der Waals surface area contributed by atoms with E-state index in [0.717, 1.165) is 23.4 Å². The second kappa shape index (κ2) is 6.39. The standard InChI is InChI=1S/C15H18N4O2S/c1-3-6-10-12(14(20)21-4-2)13(11-7-5-8-22-11)19-15(18-10)16-9-17-19/h5,7-9,12-13H,3-4,6H2,1-2H3. The molecule has 0 amide bonds. The first-order valence-corrected chi connectivity index (χ1v) is 8.31. The van der Waals surface area contributed by atoms with E-state index in [-0.39, 0.29) is 12.0 Å². The van der Waals surface area contributed by atoms with Crippen LogP contribution in [0.4, 0.5) is 5.95 Å². The van der Waals surface area contributed by atoms with E-state index in [1.54, 1.807) is 16.0 Å². The lowest BCUT2D eigenvalue weighted by Gasteiger charge is -2.29. The number of hydrogen-bond donors (Lipinski definition) is 0. The Morgan fingerprint density at radius 1 is 1.45 bits per heavy atom. The van der Waals surface area contributed by atoms with E-state index in [9.17, 15) is 4.79 Å². The summed E-state index contributed by atoms with van der Waals surface area (Å²) in [6, 6.07) is 3.77. The van der Waals surface area contributed by atoms with Crippen LogP contribution in [0.15, 0.2) is 28.8 Å². The molecule has 2 aromatic heterocycles. The Balaban J connectivity index is 2.10. The minimum absolute atomic E-state index is 0.226. The van der Waals surface area contributed by atoms with E-state index >= 15 is 0 Å². The fraction of sp³-hybridized carbons (Fsp3) is 0.467. The van der Waals surface area contributed by atoms with Crippen molar-refractivity contribution in [1.82, 2.24) is 14.8 Å². The van der Waals surface area contributed by atoms with Gasteiger partial charge >= 0.3 is 5.97 Å². The second-order valence-electron chi connectivity index (χ2n) is 5.05. The molecule has 1 aliphatic heterocycles. The summed E-state index contributed by atoms with van der Waals surface area (Å²) in [5.74, 6) is -0.121. The zero-order valence-corrected chi connectivity index (χ0v) is 13.4. The zero-order valence-electron chi connectivity index (χ0n) is 12.6. The SMILES string of the molecule is CCCC1=Nc2ncnn2C(c2cccs2)C1C(=O)OCC. The number of thiophene rings is 1. The molecule has 3 rings (SSSR count). The first-order valence-electron chi connectivity index (χ1n) is 7.43. The highest BCUT2D eigenvalue weighted by Crippen LogP contribution is 2.38. The van der Waals surface area contributed by atoms with Gasteiger partial charge in [-0.25, -0.2) is 9.67 Å². The quantitative estimate of drug-likeness (QED) is 0.795. The van der Waals surface area contributed by atoms with Gasteiger partial charge in [0, 0.05) is 10.6 Å². The van der Waals surface area contributed by atoms with Crippen LogP contribution in [-0.2, 0) is 9.53 Å². The number of fused-ring (bicyclic) bond motifs is 1. The van der Waals surface area contributed by atoms with Gasteiger partial charge in [-0.05, 0) is 24.8 Å². The van der Waals surface area contributed by atoms with Crippen LogP contribution in [0.5, 0.6) is 0 Å². The van der Waals surface area contributed by atoms with Crippen LogP contribution in [0.3, 0.4) is 0 Å². The predicted octanol–water partition coefficient (Wildman–Crippen LogP) is 2.99. The van der Waals surface area contributed by atoms with Crippen molar-refractivity contribution in [3.05, 3.63) is 28.7 Å². The molecule has 0 bridgehead atoms. The number of aliphatic imine (C=N–C) groups is 1. The van der Waals surface area contributed by atoms with E-state index in [1.807, 2.05) is 24.4 Å². The Hall–Kier alpha value is -2.02. The van der Waals surface area contributed by atoms with Gasteiger partial charge < -0.3 is 4.74 Å². The largest absolute Gasteiger partial charge is 0.465 e. The average Bonchev–Trinajstić information content (AvgIpc) is 3.17. The van der Waals surface area contributed by atoms with Crippen LogP contribution in [0, 0.1) is 5.92 Å². The van der Waals surface area contributed by atoms with Crippen LogP contribution < -0.4 is 0 Å². The highest BCUT2D eigenvalue weighted by molar-refractivity contribution is 7.10. The Morgan fingerprint density at radius 3 is 3.00 bits per heavy atom. The average molecular weight is 318 g/mol. The number of carbonyl (C=O) groups is 1. The summed E-state index contributed by atoms with van der Waals surface area (Å²) >= 11 is 1.60. The third-order valence-electron chi connectivity index (χ3n) is 3.62. The summed E-state index contributed by atoms with van der Waals surface area (Å²) in [5.41, 5.74) is 0.833. The smallest absolute Gasteiger partial charge is 0.317 e. The third kappa shape index (κ3) is 2.56. The maximum absolute atomic E-state index is 12.6. The van der Waals surface area contributed by atoms with Gasteiger partial charge in [-0.1, -0.05) is 19.4 Å². The Labute approximate surface area is 132 Å². The molecule has 0 aliphatic carbocycles. The number of nitrogens with zero attached hydrogens (tertiary/aromatic N) is 4. The van der Waals surface area contributed by atoms with E-state index in [4.69, 9.17) is 4.74 Å². The van der Waals surface area contributed by atoms with Crippen molar-refractivity contribution in [1.29, 1.82) is 0 Å². The lowest BCUT2D eigenvalue weighted by atomic mass is 9.89. The number of carbonyl (C=O) groups excluding carboxylic acids is 1. The Bertz CT molecular complexity index is 678. The van der Waals surface area contributed by atoms with E-state index in [0.29, 0.717) is 12.6 Å². The highest BCUT2D eigenvalue weighted by Gasteiger charge is 2.41. The van der Waals surface area contributed by atoms with E-state index in [2.05, 4.69) is 22.0 Å². The first-order chi connectivity index (χ1) is 10.8. The number of hydrogen-bond acceptors (Lipinski definition) is 6. The molecule has 0 radical (unpaired) electrons. The van der Waals surface area contributed by atoms with Gasteiger partial charge in [0.15, 0.2) is 0 Å². The number of ether oxygens (including phenoxy) is 1. The summed E-state index contributed by atoms with van der Waals surface area (Å²) in [6.07, 6.45) is 3.15. The molecule has 0 fully saturated rings. The van der Waals surface area contributed by atoms with Crippen LogP contribution >= 0.6 is 11.3 Å². The van der Waals surface area contributed by atoms with Gasteiger partial charge in [-0.3, -0.25) is 4.79 Å². The van der Waals surface area contributed by atoms with Crippen LogP contribution in [0.25, 0.3) is 0 Å².